The van der Waals surface area contributed by atoms with Gasteiger partial charge in [0.1, 0.15) is 5.02 Å². The summed E-state index contributed by atoms with van der Waals surface area (Å²) >= 11 is 7.51. The van der Waals surface area contributed by atoms with Gasteiger partial charge in [0.2, 0.25) is 5.95 Å². The molecule has 0 unspecified atom stereocenters. The molecule has 0 amide bonds. The van der Waals surface area contributed by atoms with Crippen LogP contribution in [0.5, 0.6) is 0 Å². The lowest BCUT2D eigenvalue weighted by molar-refractivity contribution is 1.08. The quantitative estimate of drug-likeness (QED) is 0.878. The third-order valence-electron chi connectivity index (χ3n) is 2.02. The molecule has 2 heterocycles. The van der Waals surface area contributed by atoms with Gasteiger partial charge < -0.3 is 11.1 Å². The molecule has 0 atom stereocenters. The van der Waals surface area contributed by atoms with E-state index in [4.69, 9.17) is 17.3 Å². The van der Waals surface area contributed by atoms with Crippen molar-refractivity contribution in [1.82, 2.24) is 15.0 Å². The van der Waals surface area contributed by atoms with Crippen LogP contribution in [-0.4, -0.2) is 15.0 Å². The van der Waals surface area contributed by atoms with E-state index in [9.17, 15) is 0 Å². The maximum atomic E-state index is 5.92. The lowest BCUT2D eigenvalue weighted by Gasteiger charge is -2.06. The van der Waals surface area contributed by atoms with Gasteiger partial charge in [-0.15, -0.1) is 11.3 Å². The fourth-order valence-corrected chi connectivity index (χ4v) is 2.04. The van der Waals surface area contributed by atoms with Crippen molar-refractivity contribution in [2.24, 2.45) is 0 Å². The van der Waals surface area contributed by atoms with E-state index in [2.05, 4.69) is 20.3 Å². The van der Waals surface area contributed by atoms with Crippen LogP contribution in [-0.2, 0) is 6.54 Å². The number of rotatable bonds is 3. The van der Waals surface area contributed by atoms with Crippen LogP contribution in [0.4, 0.5) is 11.8 Å². The molecule has 16 heavy (non-hydrogen) atoms. The molecule has 0 saturated carbocycles. The molecule has 2 aromatic rings. The van der Waals surface area contributed by atoms with Crippen LogP contribution in [0, 0.1) is 6.92 Å². The van der Waals surface area contributed by atoms with Crippen LogP contribution in [0.1, 0.15) is 10.6 Å². The summed E-state index contributed by atoms with van der Waals surface area (Å²) in [6.07, 6.45) is 1.48. The molecule has 2 aromatic heterocycles. The normalized spacial score (nSPS) is 10.4. The highest BCUT2D eigenvalue weighted by atomic mass is 35.5. The number of nitrogens with two attached hydrogens (primary N) is 1. The van der Waals surface area contributed by atoms with Crippen molar-refractivity contribution in [2.45, 2.75) is 13.5 Å². The van der Waals surface area contributed by atoms with Crippen LogP contribution >= 0.6 is 22.9 Å². The van der Waals surface area contributed by atoms with Crippen molar-refractivity contribution in [2.75, 3.05) is 11.1 Å². The Bertz CT molecular complexity index is 498. The van der Waals surface area contributed by atoms with E-state index in [1.54, 1.807) is 11.3 Å². The van der Waals surface area contributed by atoms with Gasteiger partial charge in [-0.3, -0.25) is 0 Å². The standard InChI is InChI=1S/C9H10ClN5S/c1-5-7(16-4-14-5)3-12-8-6(10)2-13-9(11)15-8/h2,4H,3H2,1H3,(H3,11,12,13,15). The first-order valence-corrected chi connectivity index (χ1v) is 5.83. The summed E-state index contributed by atoms with van der Waals surface area (Å²) in [7, 11) is 0. The smallest absolute Gasteiger partial charge is 0.222 e. The van der Waals surface area contributed by atoms with Gasteiger partial charge in [-0.25, -0.2) is 9.97 Å². The number of halogens is 1. The number of nitrogens with one attached hydrogen (secondary N) is 1. The molecule has 0 bridgehead atoms. The Hall–Kier alpha value is -1.40. The molecule has 0 fully saturated rings. The summed E-state index contributed by atoms with van der Waals surface area (Å²) < 4.78 is 0. The summed E-state index contributed by atoms with van der Waals surface area (Å²) in [4.78, 5) is 13.1. The number of aromatic nitrogens is 3. The van der Waals surface area contributed by atoms with Crippen LogP contribution in [0.25, 0.3) is 0 Å². The third kappa shape index (κ3) is 2.40. The highest BCUT2D eigenvalue weighted by Crippen LogP contribution is 2.20. The number of aryl methyl sites for hydroxylation is 1. The van der Waals surface area contributed by atoms with Gasteiger partial charge in [-0.1, -0.05) is 11.6 Å². The summed E-state index contributed by atoms with van der Waals surface area (Å²) in [5.74, 6) is 0.745. The average molecular weight is 256 g/mol. The molecule has 84 valence electrons. The first-order valence-electron chi connectivity index (χ1n) is 4.57. The largest absolute Gasteiger partial charge is 0.368 e. The minimum Gasteiger partial charge on any atom is -0.368 e. The van der Waals surface area contributed by atoms with Crippen LogP contribution < -0.4 is 11.1 Å². The molecule has 0 saturated heterocycles. The minimum atomic E-state index is 0.202. The zero-order chi connectivity index (χ0) is 11.5. The number of hydrogen-bond acceptors (Lipinski definition) is 6. The molecule has 2 rings (SSSR count). The monoisotopic (exact) mass is 255 g/mol. The topological polar surface area (TPSA) is 76.7 Å². The van der Waals surface area contributed by atoms with Crippen molar-refractivity contribution in [3.05, 3.63) is 27.3 Å². The van der Waals surface area contributed by atoms with Crippen molar-refractivity contribution in [1.29, 1.82) is 0 Å². The van der Waals surface area contributed by atoms with Gasteiger partial charge in [-0.05, 0) is 6.92 Å². The maximum Gasteiger partial charge on any atom is 0.222 e. The summed E-state index contributed by atoms with van der Waals surface area (Å²) in [6.45, 7) is 2.59. The zero-order valence-corrected chi connectivity index (χ0v) is 10.1. The van der Waals surface area contributed by atoms with E-state index < -0.39 is 0 Å². The first-order chi connectivity index (χ1) is 7.66. The van der Waals surface area contributed by atoms with Crippen LogP contribution in [0.2, 0.25) is 5.02 Å². The van der Waals surface area contributed by atoms with E-state index in [1.807, 2.05) is 12.4 Å². The van der Waals surface area contributed by atoms with Crippen molar-refractivity contribution >= 4 is 34.7 Å². The van der Waals surface area contributed by atoms with E-state index >= 15 is 0 Å². The number of anilines is 2. The van der Waals surface area contributed by atoms with E-state index in [-0.39, 0.29) is 5.95 Å². The minimum absolute atomic E-state index is 0.202. The van der Waals surface area contributed by atoms with Gasteiger partial charge in [0.15, 0.2) is 5.82 Å². The van der Waals surface area contributed by atoms with Crippen molar-refractivity contribution in [3.63, 3.8) is 0 Å². The SMILES string of the molecule is Cc1ncsc1CNc1nc(N)ncc1Cl. The molecule has 0 radical (unpaired) electrons. The number of hydrogen-bond donors (Lipinski definition) is 2. The Balaban J connectivity index is 2.10. The fraction of sp³-hybridized carbons (Fsp3) is 0.222. The number of thiazole rings is 1. The average Bonchev–Trinajstić information content (AvgIpc) is 2.66. The first kappa shape index (κ1) is 11.1. The maximum absolute atomic E-state index is 5.92. The Labute approximate surface area is 102 Å². The Kier molecular flexibility index (Phi) is 3.21. The molecule has 3 N–H and O–H groups in total. The van der Waals surface area contributed by atoms with Gasteiger partial charge in [0.25, 0.3) is 0 Å². The molecule has 0 aromatic carbocycles. The van der Waals surface area contributed by atoms with E-state index in [1.165, 1.54) is 6.20 Å². The predicted molar refractivity (Wildman–Crippen MR) is 65.6 cm³/mol. The second-order valence-electron chi connectivity index (χ2n) is 3.14. The van der Waals surface area contributed by atoms with E-state index in [0.29, 0.717) is 17.4 Å². The molecular weight excluding hydrogens is 246 g/mol. The third-order valence-corrected chi connectivity index (χ3v) is 3.24. The van der Waals surface area contributed by atoms with Gasteiger partial charge in [-0.2, -0.15) is 4.98 Å². The molecule has 0 aliphatic carbocycles. The second-order valence-corrected chi connectivity index (χ2v) is 4.49. The zero-order valence-electron chi connectivity index (χ0n) is 8.57. The van der Waals surface area contributed by atoms with Crippen LogP contribution in [0.3, 0.4) is 0 Å². The fourth-order valence-electron chi connectivity index (χ4n) is 1.16. The van der Waals surface area contributed by atoms with Crippen molar-refractivity contribution < 1.29 is 0 Å². The molecule has 0 aliphatic rings. The summed E-state index contributed by atoms with van der Waals surface area (Å²) in [5.41, 5.74) is 8.29. The van der Waals surface area contributed by atoms with Gasteiger partial charge >= 0.3 is 0 Å². The predicted octanol–water partition coefficient (Wildman–Crippen LogP) is 2.09. The van der Waals surface area contributed by atoms with Gasteiger partial charge in [0.05, 0.1) is 23.9 Å². The number of nitrogens with zero attached hydrogens (tertiary/aromatic N) is 3. The Morgan fingerprint density at radius 3 is 3.00 bits per heavy atom. The molecule has 7 heteroatoms. The van der Waals surface area contributed by atoms with Crippen LogP contribution in [0.15, 0.2) is 11.7 Å². The lowest BCUT2D eigenvalue weighted by Crippen LogP contribution is -2.04. The number of nitrogen functional groups attached to an aromatic ring is 1. The Morgan fingerprint density at radius 2 is 2.31 bits per heavy atom. The highest BCUT2D eigenvalue weighted by Gasteiger charge is 2.05. The Morgan fingerprint density at radius 1 is 1.50 bits per heavy atom. The van der Waals surface area contributed by atoms with Gasteiger partial charge in [0, 0.05) is 4.88 Å². The summed E-state index contributed by atoms with van der Waals surface area (Å²) in [5, 5.41) is 3.56. The molecule has 5 nitrogen and oxygen atoms in total. The lowest BCUT2D eigenvalue weighted by atomic mass is 10.4. The highest BCUT2D eigenvalue weighted by molar-refractivity contribution is 7.09. The van der Waals surface area contributed by atoms with E-state index in [0.717, 1.165) is 10.6 Å². The molecule has 0 spiro atoms. The summed E-state index contributed by atoms with van der Waals surface area (Å²) in [6, 6.07) is 0. The van der Waals surface area contributed by atoms with Crippen molar-refractivity contribution in [3.8, 4) is 0 Å². The molecular formula is C9H10ClN5S. The second kappa shape index (κ2) is 4.63. The molecule has 0 aliphatic heterocycles.